The van der Waals surface area contributed by atoms with Crippen molar-refractivity contribution in [3.8, 4) is 0 Å². The molecule has 1 aromatic carbocycles. The molecule has 0 saturated carbocycles. The lowest BCUT2D eigenvalue weighted by atomic mass is 10.1. The molecule has 2 aromatic rings. The minimum atomic E-state index is -0.574. The van der Waals surface area contributed by atoms with Crippen molar-refractivity contribution in [3.05, 3.63) is 35.3 Å². The van der Waals surface area contributed by atoms with E-state index in [9.17, 15) is 5.11 Å². The van der Waals surface area contributed by atoms with Gasteiger partial charge in [0.1, 0.15) is 5.51 Å². The maximum atomic E-state index is 9.96. The van der Waals surface area contributed by atoms with E-state index < -0.39 is 6.10 Å². The van der Waals surface area contributed by atoms with E-state index in [-0.39, 0.29) is 0 Å². The number of hydrogen-bond acceptors (Lipinski definition) is 6. The molecule has 1 atom stereocenters. The highest BCUT2D eigenvalue weighted by atomic mass is 32.2. The van der Waals surface area contributed by atoms with Crippen LogP contribution in [0.1, 0.15) is 11.7 Å². The molecule has 0 amide bonds. The zero-order valence-electron chi connectivity index (χ0n) is 8.41. The molecule has 0 spiro atoms. The summed E-state index contributed by atoms with van der Waals surface area (Å²) in [5.74, 6) is 0.531. The van der Waals surface area contributed by atoms with Crippen LogP contribution in [0.5, 0.6) is 0 Å². The van der Waals surface area contributed by atoms with E-state index in [1.165, 1.54) is 23.1 Å². The van der Waals surface area contributed by atoms with Gasteiger partial charge in [-0.25, -0.2) is 0 Å². The number of rotatable bonds is 4. The highest BCUT2D eigenvalue weighted by Gasteiger charge is 2.11. The number of aliphatic hydroxyl groups is 1. The molecule has 0 aliphatic rings. The van der Waals surface area contributed by atoms with E-state index >= 15 is 0 Å². The van der Waals surface area contributed by atoms with Crippen molar-refractivity contribution in [2.24, 2.45) is 0 Å². The number of anilines is 1. The van der Waals surface area contributed by atoms with Crippen LogP contribution in [0.25, 0.3) is 0 Å². The van der Waals surface area contributed by atoms with Crippen molar-refractivity contribution >= 4 is 28.8 Å². The SMILES string of the molecule is Nc1ccccc1C(O)CSc1nncs1. The van der Waals surface area contributed by atoms with Crippen LogP contribution in [0.15, 0.2) is 34.1 Å². The standard InChI is InChI=1S/C10H11N3OS2/c11-8-4-2-1-3-7(8)9(14)5-15-10-13-12-6-16-10/h1-4,6,9,14H,5,11H2. The Morgan fingerprint density at radius 2 is 2.25 bits per heavy atom. The summed E-state index contributed by atoms with van der Waals surface area (Å²) >= 11 is 2.94. The van der Waals surface area contributed by atoms with E-state index in [1.807, 2.05) is 18.2 Å². The Balaban J connectivity index is 1.98. The predicted octanol–water partition coefficient (Wildman–Crippen LogP) is 1.95. The van der Waals surface area contributed by atoms with Gasteiger partial charge in [-0.2, -0.15) is 0 Å². The van der Waals surface area contributed by atoms with Gasteiger partial charge in [-0.1, -0.05) is 41.3 Å². The second-order valence-electron chi connectivity index (χ2n) is 3.16. The first kappa shape index (κ1) is 11.4. The Hall–Kier alpha value is -1.11. The molecule has 84 valence electrons. The number of para-hydroxylation sites is 1. The average Bonchev–Trinajstić information content (AvgIpc) is 2.79. The highest BCUT2D eigenvalue weighted by Crippen LogP contribution is 2.27. The van der Waals surface area contributed by atoms with Gasteiger partial charge >= 0.3 is 0 Å². The van der Waals surface area contributed by atoms with Crippen molar-refractivity contribution in [1.82, 2.24) is 10.2 Å². The summed E-state index contributed by atoms with van der Waals surface area (Å²) in [6.07, 6.45) is -0.574. The number of hydrogen-bond donors (Lipinski definition) is 2. The fourth-order valence-electron chi connectivity index (χ4n) is 1.28. The molecule has 1 aromatic heterocycles. The van der Waals surface area contributed by atoms with Crippen LogP contribution in [-0.2, 0) is 0 Å². The lowest BCUT2D eigenvalue weighted by molar-refractivity contribution is 0.205. The fraction of sp³-hybridized carbons (Fsp3) is 0.200. The first-order valence-corrected chi connectivity index (χ1v) is 6.55. The summed E-state index contributed by atoms with van der Waals surface area (Å²) in [5, 5.41) is 17.6. The fourth-order valence-corrected chi connectivity index (χ4v) is 2.75. The average molecular weight is 253 g/mol. The van der Waals surface area contributed by atoms with Crippen molar-refractivity contribution < 1.29 is 5.11 Å². The largest absolute Gasteiger partial charge is 0.398 e. The molecule has 16 heavy (non-hydrogen) atoms. The second-order valence-corrected chi connectivity index (χ2v) is 5.26. The Labute approximate surface area is 102 Å². The molecule has 3 N–H and O–H groups in total. The van der Waals surface area contributed by atoms with Crippen LogP contribution in [-0.4, -0.2) is 21.1 Å². The van der Waals surface area contributed by atoms with Gasteiger partial charge in [0.15, 0.2) is 4.34 Å². The molecule has 0 radical (unpaired) electrons. The van der Waals surface area contributed by atoms with Crippen LogP contribution >= 0.6 is 23.1 Å². The Kier molecular flexibility index (Phi) is 3.76. The zero-order valence-corrected chi connectivity index (χ0v) is 10.0. The van der Waals surface area contributed by atoms with Crippen molar-refractivity contribution in [1.29, 1.82) is 0 Å². The minimum absolute atomic E-state index is 0.531. The van der Waals surface area contributed by atoms with Crippen LogP contribution in [0.3, 0.4) is 0 Å². The third-order valence-electron chi connectivity index (χ3n) is 2.06. The minimum Gasteiger partial charge on any atom is -0.398 e. The van der Waals surface area contributed by atoms with Crippen LogP contribution in [0.4, 0.5) is 5.69 Å². The smallest absolute Gasteiger partial charge is 0.174 e. The maximum Gasteiger partial charge on any atom is 0.174 e. The van der Waals surface area contributed by atoms with E-state index in [0.717, 1.165) is 9.90 Å². The molecular weight excluding hydrogens is 242 g/mol. The third-order valence-corrected chi connectivity index (χ3v) is 4.00. The summed E-state index contributed by atoms with van der Waals surface area (Å²) in [7, 11) is 0. The molecule has 0 bridgehead atoms. The molecule has 4 nitrogen and oxygen atoms in total. The summed E-state index contributed by atoms with van der Waals surface area (Å²) in [5.41, 5.74) is 8.83. The number of nitrogen functional groups attached to an aromatic ring is 1. The molecular formula is C10H11N3OS2. The van der Waals surface area contributed by atoms with E-state index in [0.29, 0.717) is 11.4 Å². The normalized spacial score (nSPS) is 12.6. The lowest BCUT2D eigenvalue weighted by Crippen LogP contribution is -2.04. The predicted molar refractivity (Wildman–Crippen MR) is 66.4 cm³/mol. The first-order chi connectivity index (χ1) is 7.77. The number of nitrogens with zero attached hydrogens (tertiary/aromatic N) is 2. The van der Waals surface area contributed by atoms with E-state index in [2.05, 4.69) is 10.2 Å². The van der Waals surface area contributed by atoms with Gasteiger partial charge in [-0.3, -0.25) is 0 Å². The van der Waals surface area contributed by atoms with Crippen LogP contribution < -0.4 is 5.73 Å². The van der Waals surface area contributed by atoms with Crippen molar-refractivity contribution in [3.63, 3.8) is 0 Å². The van der Waals surface area contributed by atoms with E-state index in [1.54, 1.807) is 11.6 Å². The van der Waals surface area contributed by atoms with Gasteiger partial charge in [0.2, 0.25) is 0 Å². The molecule has 0 aliphatic heterocycles. The monoisotopic (exact) mass is 253 g/mol. The van der Waals surface area contributed by atoms with Gasteiger partial charge in [0.25, 0.3) is 0 Å². The number of aromatic nitrogens is 2. The first-order valence-electron chi connectivity index (χ1n) is 4.69. The summed E-state index contributed by atoms with van der Waals surface area (Å²) < 4.78 is 0.855. The van der Waals surface area contributed by atoms with Crippen molar-refractivity contribution in [2.45, 2.75) is 10.4 Å². The second kappa shape index (κ2) is 5.29. The van der Waals surface area contributed by atoms with Gasteiger partial charge in [0.05, 0.1) is 6.10 Å². The van der Waals surface area contributed by atoms with Crippen molar-refractivity contribution in [2.75, 3.05) is 11.5 Å². The lowest BCUT2D eigenvalue weighted by Gasteiger charge is -2.11. The van der Waals surface area contributed by atoms with Crippen LogP contribution in [0.2, 0.25) is 0 Å². The van der Waals surface area contributed by atoms with Gasteiger partial charge in [0, 0.05) is 17.0 Å². The third kappa shape index (κ3) is 2.72. The number of aliphatic hydroxyl groups excluding tert-OH is 1. The number of nitrogens with two attached hydrogens (primary N) is 1. The Morgan fingerprint density at radius 1 is 1.44 bits per heavy atom. The van der Waals surface area contributed by atoms with E-state index in [4.69, 9.17) is 5.73 Å². The summed E-state index contributed by atoms with van der Waals surface area (Å²) in [6.45, 7) is 0. The summed E-state index contributed by atoms with van der Waals surface area (Å²) in [4.78, 5) is 0. The molecule has 1 heterocycles. The molecule has 6 heteroatoms. The van der Waals surface area contributed by atoms with Gasteiger partial charge < -0.3 is 10.8 Å². The number of thioether (sulfide) groups is 1. The zero-order chi connectivity index (χ0) is 11.4. The molecule has 2 rings (SSSR count). The maximum absolute atomic E-state index is 9.96. The molecule has 0 aliphatic carbocycles. The molecule has 1 unspecified atom stereocenters. The molecule has 0 saturated heterocycles. The quantitative estimate of drug-likeness (QED) is 0.643. The highest BCUT2D eigenvalue weighted by molar-refractivity contribution is 8.01. The van der Waals surface area contributed by atoms with Gasteiger partial charge in [-0.05, 0) is 6.07 Å². The topological polar surface area (TPSA) is 72.0 Å². The molecule has 0 fully saturated rings. The van der Waals surface area contributed by atoms with Crippen LogP contribution in [0, 0.1) is 0 Å². The Morgan fingerprint density at radius 3 is 2.94 bits per heavy atom. The Bertz CT molecular complexity index is 447. The number of benzene rings is 1. The van der Waals surface area contributed by atoms with Gasteiger partial charge in [-0.15, -0.1) is 10.2 Å². The summed E-state index contributed by atoms with van der Waals surface area (Å²) in [6, 6.07) is 7.34.